The van der Waals surface area contributed by atoms with Crippen molar-refractivity contribution in [3.8, 4) is 0 Å². The number of nitrogen functional groups attached to an aromatic ring is 1. The summed E-state index contributed by atoms with van der Waals surface area (Å²) in [6.45, 7) is 3.16. The topological polar surface area (TPSA) is 55.9 Å². The fourth-order valence-corrected chi connectivity index (χ4v) is 3.12. The molecule has 1 heterocycles. The van der Waals surface area contributed by atoms with Crippen LogP contribution in [0.1, 0.15) is 57.6 Å². The molecular weight excluding hydrogens is 236 g/mol. The van der Waals surface area contributed by atoms with Crippen LogP contribution < -0.4 is 11.1 Å². The number of hydrogen-bond acceptors (Lipinski definition) is 3. The van der Waals surface area contributed by atoms with Crippen molar-refractivity contribution in [3.63, 3.8) is 0 Å². The highest BCUT2D eigenvalue weighted by Gasteiger charge is 2.15. The van der Waals surface area contributed by atoms with Gasteiger partial charge in [-0.05, 0) is 25.2 Å². The molecular formula is C15H28N4. The average molecular weight is 264 g/mol. The number of anilines is 2. The molecule has 1 fully saturated rings. The van der Waals surface area contributed by atoms with E-state index in [0.29, 0.717) is 0 Å². The van der Waals surface area contributed by atoms with Gasteiger partial charge in [0.05, 0.1) is 11.4 Å². The highest BCUT2D eigenvalue weighted by atomic mass is 15.3. The van der Waals surface area contributed by atoms with Crippen LogP contribution in [0.25, 0.3) is 0 Å². The summed E-state index contributed by atoms with van der Waals surface area (Å²) >= 11 is 0. The third kappa shape index (κ3) is 3.64. The van der Waals surface area contributed by atoms with Crippen molar-refractivity contribution in [2.45, 2.75) is 58.3 Å². The quantitative estimate of drug-likeness (QED) is 0.743. The maximum absolute atomic E-state index is 6.15. The van der Waals surface area contributed by atoms with Crippen LogP contribution >= 0.6 is 0 Å². The van der Waals surface area contributed by atoms with Gasteiger partial charge in [0, 0.05) is 13.6 Å². The van der Waals surface area contributed by atoms with Gasteiger partial charge in [0.1, 0.15) is 5.82 Å². The van der Waals surface area contributed by atoms with E-state index in [1.807, 2.05) is 11.7 Å². The number of nitrogens with two attached hydrogens (primary N) is 1. The summed E-state index contributed by atoms with van der Waals surface area (Å²) in [5.41, 5.74) is 8.02. The molecule has 0 saturated heterocycles. The van der Waals surface area contributed by atoms with E-state index in [0.717, 1.165) is 42.5 Å². The molecule has 0 atom stereocenters. The van der Waals surface area contributed by atoms with E-state index in [4.69, 9.17) is 5.73 Å². The zero-order valence-corrected chi connectivity index (χ0v) is 12.4. The van der Waals surface area contributed by atoms with E-state index in [9.17, 15) is 0 Å². The maximum Gasteiger partial charge on any atom is 0.147 e. The van der Waals surface area contributed by atoms with Gasteiger partial charge in [0.25, 0.3) is 0 Å². The Morgan fingerprint density at radius 1 is 1.37 bits per heavy atom. The summed E-state index contributed by atoms with van der Waals surface area (Å²) in [4.78, 5) is 0. The van der Waals surface area contributed by atoms with Gasteiger partial charge in [-0.15, -0.1) is 0 Å². The van der Waals surface area contributed by atoms with Gasteiger partial charge in [0.2, 0.25) is 0 Å². The van der Waals surface area contributed by atoms with Crippen LogP contribution in [0.4, 0.5) is 11.5 Å². The van der Waals surface area contributed by atoms with Crippen molar-refractivity contribution in [2.24, 2.45) is 13.0 Å². The van der Waals surface area contributed by atoms with Crippen molar-refractivity contribution in [1.82, 2.24) is 9.78 Å². The lowest BCUT2D eigenvalue weighted by Crippen LogP contribution is -2.09. The van der Waals surface area contributed by atoms with Crippen LogP contribution in [0.2, 0.25) is 0 Å². The molecule has 4 nitrogen and oxygen atoms in total. The number of aryl methyl sites for hydroxylation is 2. The largest absolute Gasteiger partial charge is 0.394 e. The standard InChI is InChI=1S/C15H28N4/c1-3-7-13-14(16)15(19(2)18-13)17-11-6-10-12-8-4-5-9-12/h12,17H,3-11,16H2,1-2H3. The van der Waals surface area contributed by atoms with Crippen LogP contribution in [0.3, 0.4) is 0 Å². The molecule has 0 unspecified atom stereocenters. The third-order valence-electron chi connectivity index (χ3n) is 4.20. The van der Waals surface area contributed by atoms with Crippen LogP contribution in [0, 0.1) is 5.92 Å². The second-order valence-corrected chi connectivity index (χ2v) is 5.80. The van der Waals surface area contributed by atoms with Crippen molar-refractivity contribution in [3.05, 3.63) is 5.69 Å². The molecule has 4 heteroatoms. The van der Waals surface area contributed by atoms with Crippen LogP contribution in [0.5, 0.6) is 0 Å². The molecule has 0 radical (unpaired) electrons. The fraction of sp³-hybridized carbons (Fsp3) is 0.800. The molecule has 1 aliphatic carbocycles. The summed E-state index contributed by atoms with van der Waals surface area (Å²) in [6.07, 6.45) is 10.4. The Balaban J connectivity index is 1.78. The molecule has 2 rings (SSSR count). The number of rotatable bonds is 7. The van der Waals surface area contributed by atoms with Gasteiger partial charge in [-0.2, -0.15) is 5.10 Å². The van der Waals surface area contributed by atoms with E-state index in [2.05, 4.69) is 17.3 Å². The number of aromatic nitrogens is 2. The first-order valence-electron chi connectivity index (χ1n) is 7.77. The second-order valence-electron chi connectivity index (χ2n) is 5.80. The summed E-state index contributed by atoms with van der Waals surface area (Å²) in [5, 5.41) is 7.94. The minimum absolute atomic E-state index is 0.838. The number of nitrogens with one attached hydrogen (secondary N) is 1. The summed E-state index contributed by atoms with van der Waals surface area (Å²) in [7, 11) is 1.97. The highest BCUT2D eigenvalue weighted by molar-refractivity contribution is 5.64. The molecule has 0 spiro atoms. The highest BCUT2D eigenvalue weighted by Crippen LogP contribution is 2.28. The lowest BCUT2D eigenvalue weighted by molar-refractivity contribution is 0.491. The Kier molecular flexibility index (Phi) is 5.11. The smallest absolute Gasteiger partial charge is 0.147 e. The molecule has 1 aliphatic rings. The van der Waals surface area contributed by atoms with E-state index in [1.165, 1.54) is 38.5 Å². The van der Waals surface area contributed by atoms with Crippen LogP contribution in [-0.2, 0) is 13.5 Å². The first kappa shape index (κ1) is 14.2. The molecule has 0 bridgehead atoms. The lowest BCUT2D eigenvalue weighted by atomic mass is 10.0. The third-order valence-corrected chi connectivity index (χ3v) is 4.20. The first-order chi connectivity index (χ1) is 9.22. The Hall–Kier alpha value is -1.19. The minimum Gasteiger partial charge on any atom is -0.394 e. The minimum atomic E-state index is 0.838. The van der Waals surface area contributed by atoms with Gasteiger partial charge < -0.3 is 11.1 Å². The maximum atomic E-state index is 6.15. The monoisotopic (exact) mass is 264 g/mol. The number of nitrogens with zero attached hydrogens (tertiary/aromatic N) is 2. The molecule has 0 aromatic carbocycles. The summed E-state index contributed by atoms with van der Waals surface area (Å²) < 4.78 is 1.88. The fourth-order valence-electron chi connectivity index (χ4n) is 3.12. The van der Waals surface area contributed by atoms with Gasteiger partial charge in [-0.25, -0.2) is 0 Å². The average Bonchev–Trinajstić information content (AvgIpc) is 2.98. The normalized spacial score (nSPS) is 16.1. The molecule has 108 valence electrons. The molecule has 1 saturated carbocycles. The van der Waals surface area contributed by atoms with E-state index in [1.54, 1.807) is 0 Å². The Morgan fingerprint density at radius 2 is 2.11 bits per heavy atom. The van der Waals surface area contributed by atoms with E-state index >= 15 is 0 Å². The Labute approximate surface area is 116 Å². The zero-order chi connectivity index (χ0) is 13.7. The predicted molar refractivity (Wildman–Crippen MR) is 81.3 cm³/mol. The summed E-state index contributed by atoms with van der Waals surface area (Å²) in [5.74, 6) is 1.97. The van der Waals surface area contributed by atoms with Crippen molar-refractivity contribution in [1.29, 1.82) is 0 Å². The molecule has 0 aliphatic heterocycles. The predicted octanol–water partition coefficient (Wildman–Crippen LogP) is 3.34. The first-order valence-corrected chi connectivity index (χ1v) is 7.77. The van der Waals surface area contributed by atoms with Crippen molar-refractivity contribution in [2.75, 3.05) is 17.6 Å². The van der Waals surface area contributed by atoms with Gasteiger partial charge in [-0.3, -0.25) is 4.68 Å². The molecule has 1 aromatic heterocycles. The van der Waals surface area contributed by atoms with Crippen molar-refractivity contribution < 1.29 is 0 Å². The van der Waals surface area contributed by atoms with Gasteiger partial charge in [0.15, 0.2) is 0 Å². The van der Waals surface area contributed by atoms with Gasteiger partial charge in [-0.1, -0.05) is 39.0 Å². The Morgan fingerprint density at radius 3 is 2.79 bits per heavy atom. The van der Waals surface area contributed by atoms with Crippen molar-refractivity contribution >= 4 is 11.5 Å². The van der Waals surface area contributed by atoms with E-state index < -0.39 is 0 Å². The Bertz CT molecular complexity index is 391. The zero-order valence-electron chi connectivity index (χ0n) is 12.4. The van der Waals surface area contributed by atoms with Gasteiger partial charge >= 0.3 is 0 Å². The number of hydrogen-bond donors (Lipinski definition) is 2. The summed E-state index contributed by atoms with van der Waals surface area (Å²) in [6, 6.07) is 0. The lowest BCUT2D eigenvalue weighted by Gasteiger charge is -2.10. The molecule has 19 heavy (non-hydrogen) atoms. The van der Waals surface area contributed by atoms with Crippen LogP contribution in [0.15, 0.2) is 0 Å². The van der Waals surface area contributed by atoms with E-state index in [-0.39, 0.29) is 0 Å². The van der Waals surface area contributed by atoms with Crippen LogP contribution in [-0.4, -0.2) is 16.3 Å². The molecule has 3 N–H and O–H groups in total. The molecule has 1 aromatic rings. The second kappa shape index (κ2) is 6.83. The SMILES string of the molecule is CCCc1nn(C)c(NCCCC2CCCC2)c1N. The molecule has 0 amide bonds.